The van der Waals surface area contributed by atoms with Crippen molar-refractivity contribution in [3.63, 3.8) is 0 Å². The molecule has 0 aliphatic carbocycles. The molecule has 7 rings (SSSR count). The van der Waals surface area contributed by atoms with Crippen LogP contribution in [0.1, 0.15) is 11.1 Å². The Kier molecular flexibility index (Phi) is 7.26. The average Bonchev–Trinajstić information content (AvgIpc) is 3.11. The highest BCUT2D eigenvalue weighted by molar-refractivity contribution is 6.14. The average molecular weight is 581 g/mol. The van der Waals surface area contributed by atoms with Gasteiger partial charge in [0.05, 0.1) is 0 Å². The second-order valence-electron chi connectivity index (χ2n) is 10.9. The van der Waals surface area contributed by atoms with Crippen molar-refractivity contribution in [3.05, 3.63) is 168 Å². The SMILES string of the molecule is N=C(/N=C(\N)c1cc2ccccc2cc1-c1ccc(-c2cccc(-c3c(N=O)ccc4ccccc34)c2)cc1)c1ccccc1. The van der Waals surface area contributed by atoms with Gasteiger partial charge in [0.1, 0.15) is 11.5 Å². The Hall–Kier alpha value is -6.20. The summed E-state index contributed by atoms with van der Waals surface area (Å²) >= 11 is 0. The molecule has 0 aliphatic heterocycles. The summed E-state index contributed by atoms with van der Waals surface area (Å²) in [4.78, 5) is 16.3. The van der Waals surface area contributed by atoms with Gasteiger partial charge in [-0.25, -0.2) is 4.99 Å². The van der Waals surface area contributed by atoms with Crippen LogP contribution in [-0.2, 0) is 0 Å². The van der Waals surface area contributed by atoms with Crippen LogP contribution in [-0.4, -0.2) is 11.7 Å². The van der Waals surface area contributed by atoms with E-state index in [1.807, 2.05) is 91.0 Å². The fourth-order valence-corrected chi connectivity index (χ4v) is 5.87. The van der Waals surface area contributed by atoms with E-state index in [2.05, 4.69) is 64.8 Å². The highest BCUT2D eigenvalue weighted by Crippen LogP contribution is 2.39. The van der Waals surface area contributed by atoms with Crippen LogP contribution in [0.3, 0.4) is 0 Å². The maximum absolute atomic E-state index is 11.8. The molecule has 5 nitrogen and oxygen atoms in total. The third kappa shape index (κ3) is 5.39. The summed E-state index contributed by atoms with van der Waals surface area (Å²) in [6, 6.07) is 50.0. The molecule has 0 atom stereocenters. The van der Waals surface area contributed by atoms with Crippen molar-refractivity contribution < 1.29 is 0 Å². The summed E-state index contributed by atoms with van der Waals surface area (Å²) in [5, 5.41) is 16.1. The number of nitrogens with two attached hydrogens (primary N) is 1. The van der Waals surface area contributed by atoms with Crippen LogP contribution >= 0.6 is 0 Å². The first-order valence-corrected chi connectivity index (χ1v) is 14.7. The van der Waals surface area contributed by atoms with E-state index in [1.165, 1.54) is 0 Å². The van der Waals surface area contributed by atoms with Crippen molar-refractivity contribution in [2.75, 3.05) is 0 Å². The molecule has 0 spiro atoms. The Labute approximate surface area is 260 Å². The van der Waals surface area contributed by atoms with E-state index in [9.17, 15) is 4.91 Å². The quantitative estimate of drug-likeness (QED) is 0.116. The van der Waals surface area contributed by atoms with Gasteiger partial charge in [-0.2, -0.15) is 0 Å². The number of aliphatic imine (C=N–C) groups is 1. The summed E-state index contributed by atoms with van der Waals surface area (Å²) in [5.41, 5.74) is 14.3. The van der Waals surface area contributed by atoms with Crippen LogP contribution in [0.4, 0.5) is 5.69 Å². The molecule has 7 aromatic rings. The number of rotatable bonds is 6. The van der Waals surface area contributed by atoms with Gasteiger partial charge in [0.2, 0.25) is 0 Å². The zero-order valence-electron chi connectivity index (χ0n) is 24.3. The lowest BCUT2D eigenvalue weighted by Crippen LogP contribution is -2.17. The van der Waals surface area contributed by atoms with E-state index in [-0.39, 0.29) is 11.7 Å². The van der Waals surface area contributed by atoms with Crippen molar-refractivity contribution in [1.29, 1.82) is 5.41 Å². The molecule has 0 unspecified atom stereocenters. The largest absolute Gasteiger partial charge is 0.383 e. The van der Waals surface area contributed by atoms with Gasteiger partial charge >= 0.3 is 0 Å². The lowest BCUT2D eigenvalue weighted by atomic mass is 9.92. The van der Waals surface area contributed by atoms with E-state index in [1.54, 1.807) is 6.07 Å². The van der Waals surface area contributed by atoms with Gasteiger partial charge in [0.25, 0.3) is 0 Å². The molecule has 45 heavy (non-hydrogen) atoms. The predicted octanol–water partition coefficient (Wildman–Crippen LogP) is 10.1. The van der Waals surface area contributed by atoms with E-state index in [0.29, 0.717) is 11.3 Å². The zero-order chi connectivity index (χ0) is 30.8. The fraction of sp³-hybridized carbons (Fsp3) is 0. The van der Waals surface area contributed by atoms with E-state index < -0.39 is 0 Å². The standard InChI is InChI=1S/C40H28N4O/c41-39(29-10-2-1-3-11-29)43-40(42)36-25-32-13-5-4-12-31(32)24-35(36)28-19-17-26(18-20-28)30-14-8-15-33(23-30)38-34-16-7-6-9-27(34)21-22-37(38)44-45/h1-25H,(H3,41,42,43). The lowest BCUT2D eigenvalue weighted by molar-refractivity contribution is 1.40. The molecule has 5 heteroatoms. The molecule has 0 amide bonds. The van der Waals surface area contributed by atoms with Gasteiger partial charge < -0.3 is 5.73 Å². The Bertz CT molecular complexity index is 2250. The third-order valence-electron chi connectivity index (χ3n) is 8.13. The molecule has 0 bridgehead atoms. The number of nitroso groups, excluding NO2 is 1. The normalized spacial score (nSPS) is 11.5. The van der Waals surface area contributed by atoms with Crippen LogP contribution in [0.2, 0.25) is 0 Å². The maximum Gasteiger partial charge on any atom is 0.154 e. The van der Waals surface area contributed by atoms with Crippen molar-refractivity contribution >= 4 is 38.9 Å². The summed E-state index contributed by atoms with van der Waals surface area (Å²) in [7, 11) is 0. The van der Waals surface area contributed by atoms with E-state index >= 15 is 0 Å². The van der Waals surface area contributed by atoms with Crippen LogP contribution in [0.5, 0.6) is 0 Å². The number of benzene rings is 7. The van der Waals surface area contributed by atoms with Gasteiger partial charge in [-0.1, -0.05) is 127 Å². The first kappa shape index (κ1) is 27.6. The predicted molar refractivity (Wildman–Crippen MR) is 187 cm³/mol. The summed E-state index contributed by atoms with van der Waals surface area (Å²) in [6.07, 6.45) is 0. The molecule has 0 aromatic heterocycles. The molecular weight excluding hydrogens is 552 g/mol. The number of fused-ring (bicyclic) bond motifs is 2. The summed E-state index contributed by atoms with van der Waals surface area (Å²) in [6.45, 7) is 0. The number of amidine groups is 2. The molecule has 0 radical (unpaired) electrons. The minimum Gasteiger partial charge on any atom is -0.383 e. The monoisotopic (exact) mass is 580 g/mol. The molecule has 0 saturated carbocycles. The fourth-order valence-electron chi connectivity index (χ4n) is 5.87. The molecule has 0 saturated heterocycles. The topological polar surface area (TPSA) is 91.7 Å². The Morgan fingerprint density at radius 2 is 1.20 bits per heavy atom. The lowest BCUT2D eigenvalue weighted by Gasteiger charge is -2.14. The molecular formula is C40H28N4O. The van der Waals surface area contributed by atoms with Gasteiger partial charge in [-0.05, 0) is 78.8 Å². The zero-order valence-corrected chi connectivity index (χ0v) is 24.3. The van der Waals surface area contributed by atoms with Gasteiger partial charge in [-0.15, -0.1) is 4.91 Å². The van der Waals surface area contributed by atoms with Crippen molar-refractivity contribution in [2.45, 2.75) is 0 Å². The summed E-state index contributed by atoms with van der Waals surface area (Å²) < 4.78 is 0. The maximum atomic E-state index is 11.8. The molecule has 7 aromatic carbocycles. The number of hydrogen-bond acceptors (Lipinski definition) is 3. The summed E-state index contributed by atoms with van der Waals surface area (Å²) in [5.74, 6) is 0.401. The highest BCUT2D eigenvalue weighted by atomic mass is 16.3. The van der Waals surface area contributed by atoms with Crippen molar-refractivity contribution in [2.24, 2.45) is 15.9 Å². The van der Waals surface area contributed by atoms with E-state index in [4.69, 9.17) is 11.1 Å². The Balaban J connectivity index is 1.28. The van der Waals surface area contributed by atoms with Gasteiger partial charge in [0.15, 0.2) is 5.84 Å². The van der Waals surface area contributed by atoms with Crippen molar-refractivity contribution in [3.8, 4) is 33.4 Å². The van der Waals surface area contributed by atoms with Crippen LogP contribution in [0.25, 0.3) is 54.9 Å². The van der Waals surface area contributed by atoms with Gasteiger partial charge in [0, 0.05) is 16.7 Å². The first-order valence-electron chi connectivity index (χ1n) is 14.7. The Morgan fingerprint density at radius 1 is 0.556 bits per heavy atom. The van der Waals surface area contributed by atoms with Crippen LogP contribution in [0.15, 0.2) is 162 Å². The van der Waals surface area contributed by atoms with Crippen molar-refractivity contribution in [1.82, 2.24) is 0 Å². The second kappa shape index (κ2) is 11.8. The van der Waals surface area contributed by atoms with E-state index in [0.717, 1.165) is 60.5 Å². The molecule has 0 heterocycles. The Morgan fingerprint density at radius 3 is 1.96 bits per heavy atom. The van der Waals surface area contributed by atoms with Crippen LogP contribution in [0, 0.1) is 10.3 Å². The third-order valence-corrected chi connectivity index (χ3v) is 8.13. The first-order chi connectivity index (χ1) is 22.1. The molecule has 0 aliphatic rings. The van der Waals surface area contributed by atoms with Crippen LogP contribution < -0.4 is 5.73 Å². The molecule has 0 fully saturated rings. The smallest absolute Gasteiger partial charge is 0.154 e. The number of nitrogens with one attached hydrogen (secondary N) is 1. The minimum atomic E-state index is 0.113. The second-order valence-corrected chi connectivity index (χ2v) is 10.9. The number of hydrogen-bond donors (Lipinski definition) is 2. The molecule has 214 valence electrons. The number of nitrogens with zero attached hydrogens (tertiary/aromatic N) is 2. The molecule has 3 N–H and O–H groups in total. The minimum absolute atomic E-state index is 0.113. The van der Waals surface area contributed by atoms with Gasteiger partial charge in [-0.3, -0.25) is 5.41 Å². The highest BCUT2D eigenvalue weighted by Gasteiger charge is 2.14.